The van der Waals surface area contributed by atoms with Gasteiger partial charge in [0.2, 0.25) is 5.13 Å². The number of benzene rings is 3. The Morgan fingerprint density at radius 2 is 1.59 bits per heavy atom. The van der Waals surface area contributed by atoms with Crippen LogP contribution in [0.25, 0.3) is 22.3 Å². The van der Waals surface area contributed by atoms with Crippen LogP contribution in [0.15, 0.2) is 77.2 Å². The third kappa shape index (κ3) is 6.04. The highest BCUT2D eigenvalue weighted by Crippen LogP contribution is 2.36. The minimum absolute atomic E-state index is 0.0681. The van der Waals surface area contributed by atoms with E-state index in [1.165, 1.54) is 4.68 Å². The maximum atomic E-state index is 13.6. The molecule has 0 radical (unpaired) electrons. The molecule has 0 unspecified atom stereocenters. The lowest BCUT2D eigenvalue weighted by Crippen LogP contribution is -2.18. The van der Waals surface area contributed by atoms with Gasteiger partial charge in [0, 0.05) is 21.5 Å². The molecule has 2 heterocycles. The third-order valence-electron chi connectivity index (χ3n) is 5.57. The van der Waals surface area contributed by atoms with Crippen molar-refractivity contribution in [2.24, 2.45) is 5.10 Å². The van der Waals surface area contributed by atoms with Crippen molar-refractivity contribution in [1.82, 2.24) is 20.0 Å². The molecule has 0 aliphatic rings. The molecule has 1 N–H and O–H groups in total. The first kappa shape index (κ1) is 26.6. The van der Waals surface area contributed by atoms with Gasteiger partial charge in [0.1, 0.15) is 5.52 Å². The molecule has 0 spiro atoms. The van der Waals surface area contributed by atoms with Gasteiger partial charge < -0.3 is 0 Å². The summed E-state index contributed by atoms with van der Waals surface area (Å²) < 4.78 is 82.7. The second-order valence-electron chi connectivity index (χ2n) is 8.25. The van der Waals surface area contributed by atoms with Crippen LogP contribution in [0.1, 0.15) is 16.7 Å². The van der Waals surface area contributed by atoms with E-state index in [1.807, 2.05) is 0 Å². The van der Waals surface area contributed by atoms with E-state index in [0.29, 0.717) is 33.9 Å². The normalized spacial score (nSPS) is 12.7. The van der Waals surface area contributed by atoms with E-state index in [2.05, 4.69) is 25.8 Å². The minimum Gasteiger partial charge on any atom is -0.252 e. The summed E-state index contributed by atoms with van der Waals surface area (Å²) in [5.74, 6) is 0. The number of nitrogens with one attached hydrogen (secondary N) is 1. The Kier molecular flexibility index (Phi) is 7.03. The van der Waals surface area contributed by atoms with Crippen molar-refractivity contribution in [2.45, 2.75) is 18.9 Å². The molecule has 3 aromatic carbocycles. The van der Waals surface area contributed by atoms with Crippen molar-refractivity contribution in [3.63, 3.8) is 0 Å². The number of hydrazone groups is 1. The first-order valence-electron chi connectivity index (χ1n) is 11.1. The summed E-state index contributed by atoms with van der Waals surface area (Å²) in [6.07, 6.45) is -10.0. The number of thiazole rings is 1. The van der Waals surface area contributed by atoms with Crippen LogP contribution in [0.2, 0.25) is 5.02 Å². The topological polar surface area (TPSA) is 68.0 Å². The summed E-state index contributed by atoms with van der Waals surface area (Å²) in [6.45, 7) is -0.276. The van der Waals surface area contributed by atoms with Crippen molar-refractivity contribution in [2.75, 3.05) is 5.43 Å². The van der Waals surface area contributed by atoms with Crippen LogP contribution < -0.4 is 5.43 Å². The number of hydrogen-bond acceptors (Lipinski definition) is 6. The number of fused-ring (bicyclic) bond motifs is 1. The Hall–Kier alpha value is -3.97. The van der Waals surface area contributed by atoms with Gasteiger partial charge in [-0.2, -0.15) is 31.4 Å². The maximum absolute atomic E-state index is 13.6. The molecular formula is C25H15ClF6N6S. The lowest BCUT2D eigenvalue weighted by atomic mass is 10.0. The minimum atomic E-state index is -5.02. The highest BCUT2D eigenvalue weighted by molar-refractivity contribution is 7.14. The average molecular weight is 581 g/mol. The van der Waals surface area contributed by atoms with E-state index < -0.39 is 29.0 Å². The van der Waals surface area contributed by atoms with Crippen LogP contribution in [0.5, 0.6) is 0 Å². The number of aromatic nitrogens is 4. The van der Waals surface area contributed by atoms with Gasteiger partial charge in [-0.3, -0.25) is 5.43 Å². The third-order valence-corrected chi connectivity index (χ3v) is 6.57. The van der Waals surface area contributed by atoms with Gasteiger partial charge in [-0.05, 0) is 42.5 Å². The zero-order valence-electron chi connectivity index (χ0n) is 19.4. The fourth-order valence-corrected chi connectivity index (χ4v) is 4.47. The molecular weight excluding hydrogens is 566 g/mol. The number of nitrogens with zero attached hydrogens (tertiary/aromatic N) is 5. The Bertz CT molecular complexity index is 1620. The first-order valence-corrected chi connectivity index (χ1v) is 12.4. The number of rotatable bonds is 6. The SMILES string of the molecule is FC(F)(F)c1cc(/C(Cn2nnc3ccccc32)=N\Nc2nc(-c3ccc(Cl)cc3)cs2)cc(C(F)(F)F)c1. The highest BCUT2D eigenvalue weighted by atomic mass is 35.5. The average Bonchev–Trinajstić information content (AvgIpc) is 3.53. The van der Waals surface area contributed by atoms with Crippen LogP contribution in [-0.2, 0) is 18.9 Å². The Balaban J connectivity index is 1.56. The molecule has 5 rings (SSSR count). The molecule has 39 heavy (non-hydrogen) atoms. The van der Waals surface area contributed by atoms with Gasteiger partial charge in [0.25, 0.3) is 0 Å². The van der Waals surface area contributed by atoms with E-state index in [0.717, 1.165) is 16.9 Å². The number of anilines is 1. The van der Waals surface area contributed by atoms with Crippen LogP contribution in [0.4, 0.5) is 31.5 Å². The standard InChI is InChI=1S/C25H15ClF6N6S/c26-18-7-5-14(6-8-18)21-13-39-23(33-21)36-34-20(12-38-22-4-2-1-3-19(22)35-37-38)15-9-16(24(27,28)29)11-17(10-15)25(30,31)32/h1-11,13H,12H2,(H,33,36)/b34-20-. The van der Waals surface area contributed by atoms with E-state index in [-0.39, 0.29) is 23.5 Å². The molecule has 0 amide bonds. The Labute approximate surface area is 225 Å². The molecule has 0 aliphatic carbocycles. The highest BCUT2D eigenvalue weighted by Gasteiger charge is 2.37. The lowest BCUT2D eigenvalue weighted by molar-refractivity contribution is -0.143. The van der Waals surface area contributed by atoms with Crippen molar-refractivity contribution >= 4 is 44.8 Å². The quantitative estimate of drug-likeness (QED) is 0.127. The van der Waals surface area contributed by atoms with Crippen molar-refractivity contribution in [3.05, 3.63) is 93.8 Å². The largest absolute Gasteiger partial charge is 0.416 e. The summed E-state index contributed by atoms with van der Waals surface area (Å²) in [4.78, 5) is 4.40. The summed E-state index contributed by atoms with van der Waals surface area (Å²) in [5, 5.41) is 14.7. The fourth-order valence-electron chi connectivity index (χ4n) is 3.68. The molecule has 6 nitrogen and oxygen atoms in total. The van der Waals surface area contributed by atoms with E-state index in [4.69, 9.17) is 11.6 Å². The molecule has 2 aromatic heterocycles. The first-order chi connectivity index (χ1) is 18.5. The second-order valence-corrected chi connectivity index (χ2v) is 9.54. The molecule has 200 valence electrons. The van der Waals surface area contributed by atoms with Gasteiger partial charge in [-0.15, -0.1) is 16.4 Å². The smallest absolute Gasteiger partial charge is 0.252 e. The van der Waals surface area contributed by atoms with E-state index in [1.54, 1.807) is 53.9 Å². The van der Waals surface area contributed by atoms with E-state index in [9.17, 15) is 26.3 Å². The molecule has 0 saturated carbocycles. The lowest BCUT2D eigenvalue weighted by Gasteiger charge is -2.15. The van der Waals surface area contributed by atoms with Crippen LogP contribution in [-0.4, -0.2) is 25.7 Å². The molecule has 0 aliphatic heterocycles. The van der Waals surface area contributed by atoms with Crippen LogP contribution in [0, 0.1) is 0 Å². The van der Waals surface area contributed by atoms with Gasteiger partial charge in [-0.25, -0.2) is 9.67 Å². The molecule has 0 bridgehead atoms. The second kappa shape index (κ2) is 10.3. The number of alkyl halides is 6. The van der Waals surface area contributed by atoms with Gasteiger partial charge in [-0.1, -0.05) is 41.1 Å². The summed E-state index contributed by atoms with van der Waals surface area (Å²) in [6, 6.07) is 15.0. The predicted octanol–water partition coefficient (Wildman–Crippen LogP) is 7.76. The maximum Gasteiger partial charge on any atom is 0.416 e. The molecule has 5 aromatic rings. The van der Waals surface area contributed by atoms with Gasteiger partial charge >= 0.3 is 12.4 Å². The number of halogens is 7. The predicted molar refractivity (Wildman–Crippen MR) is 137 cm³/mol. The van der Waals surface area contributed by atoms with Crippen LogP contribution in [0.3, 0.4) is 0 Å². The fraction of sp³-hybridized carbons (Fsp3) is 0.120. The molecule has 0 fully saturated rings. The number of hydrogen-bond donors (Lipinski definition) is 1. The summed E-state index contributed by atoms with van der Waals surface area (Å²) in [7, 11) is 0. The molecule has 14 heteroatoms. The molecule has 0 saturated heterocycles. The zero-order chi connectivity index (χ0) is 27.8. The Morgan fingerprint density at radius 3 is 2.26 bits per heavy atom. The van der Waals surface area contributed by atoms with Gasteiger partial charge in [0.05, 0.1) is 34.6 Å². The van der Waals surface area contributed by atoms with Crippen molar-refractivity contribution in [1.29, 1.82) is 0 Å². The Morgan fingerprint density at radius 1 is 0.923 bits per heavy atom. The van der Waals surface area contributed by atoms with Gasteiger partial charge in [0.15, 0.2) is 0 Å². The zero-order valence-corrected chi connectivity index (χ0v) is 21.0. The van der Waals surface area contributed by atoms with Crippen LogP contribution >= 0.6 is 22.9 Å². The monoisotopic (exact) mass is 580 g/mol. The molecule has 0 atom stereocenters. The van der Waals surface area contributed by atoms with Crippen molar-refractivity contribution in [3.8, 4) is 11.3 Å². The van der Waals surface area contributed by atoms with E-state index >= 15 is 0 Å². The number of para-hydroxylation sites is 1. The van der Waals surface area contributed by atoms with Crippen molar-refractivity contribution < 1.29 is 26.3 Å². The summed E-state index contributed by atoms with van der Waals surface area (Å²) >= 11 is 7.07. The summed E-state index contributed by atoms with van der Waals surface area (Å²) in [5.41, 5.74) is 1.58.